The Bertz CT molecular complexity index is 845. The molecule has 0 radical (unpaired) electrons. The molecule has 2 aromatic heterocycles. The average molecular weight is 352 g/mol. The molecule has 25 heavy (non-hydrogen) atoms. The molecule has 0 saturated carbocycles. The summed E-state index contributed by atoms with van der Waals surface area (Å²) in [6.07, 6.45) is 1.79. The first kappa shape index (κ1) is 17.2. The van der Waals surface area contributed by atoms with Crippen molar-refractivity contribution < 1.29 is 4.79 Å². The Morgan fingerprint density at radius 3 is 2.80 bits per heavy atom. The van der Waals surface area contributed by atoms with Gasteiger partial charge in [0.1, 0.15) is 0 Å². The summed E-state index contributed by atoms with van der Waals surface area (Å²) >= 11 is 1.66. The number of aromatic amines is 1. The number of aromatic nitrogens is 3. The highest BCUT2D eigenvalue weighted by Crippen LogP contribution is 2.22. The van der Waals surface area contributed by atoms with E-state index in [-0.39, 0.29) is 5.91 Å². The van der Waals surface area contributed by atoms with Crippen LogP contribution in [0.3, 0.4) is 0 Å². The zero-order valence-corrected chi connectivity index (χ0v) is 15.0. The Labute approximate surface area is 151 Å². The maximum absolute atomic E-state index is 12.3. The number of hydrogen-bond donors (Lipinski definition) is 2. The highest BCUT2D eigenvalue weighted by molar-refractivity contribution is 7.98. The van der Waals surface area contributed by atoms with Crippen LogP contribution >= 0.6 is 11.8 Å². The summed E-state index contributed by atoms with van der Waals surface area (Å²) in [5.74, 6) is 0.888. The molecule has 1 amide bonds. The van der Waals surface area contributed by atoms with Gasteiger partial charge in [-0.15, -0.1) is 11.8 Å². The van der Waals surface area contributed by atoms with E-state index in [1.807, 2.05) is 42.5 Å². The third kappa shape index (κ3) is 4.70. The number of benzene rings is 1. The summed E-state index contributed by atoms with van der Waals surface area (Å²) in [5, 5.41) is 10.9. The average Bonchev–Trinajstić information content (AvgIpc) is 3.12. The topological polar surface area (TPSA) is 70.7 Å². The zero-order chi connectivity index (χ0) is 17.6. The van der Waals surface area contributed by atoms with Gasteiger partial charge in [0.2, 0.25) is 0 Å². The number of carbonyl (C=O) groups excluding carboxylic acids is 1. The Morgan fingerprint density at radius 2 is 2.08 bits per heavy atom. The molecule has 6 heteroatoms. The van der Waals surface area contributed by atoms with E-state index >= 15 is 0 Å². The molecule has 3 aromatic rings. The number of amides is 1. The van der Waals surface area contributed by atoms with Crippen molar-refractivity contribution in [3.63, 3.8) is 0 Å². The van der Waals surface area contributed by atoms with E-state index in [1.54, 1.807) is 24.0 Å². The number of pyridine rings is 1. The first-order valence-electron chi connectivity index (χ1n) is 8.11. The van der Waals surface area contributed by atoms with Gasteiger partial charge in [-0.1, -0.05) is 32.0 Å². The summed E-state index contributed by atoms with van der Waals surface area (Å²) < 4.78 is 0. The minimum Gasteiger partial charge on any atom is -0.321 e. The van der Waals surface area contributed by atoms with Crippen molar-refractivity contribution in [3.8, 4) is 0 Å². The van der Waals surface area contributed by atoms with Gasteiger partial charge in [0.25, 0.3) is 5.91 Å². The van der Waals surface area contributed by atoms with E-state index in [1.165, 1.54) is 0 Å². The summed E-state index contributed by atoms with van der Waals surface area (Å²) in [6, 6.07) is 15.5. The molecular formula is C19H20N4OS. The van der Waals surface area contributed by atoms with Crippen molar-refractivity contribution in [2.75, 3.05) is 5.32 Å². The zero-order valence-electron chi connectivity index (χ0n) is 14.2. The van der Waals surface area contributed by atoms with Crippen molar-refractivity contribution in [1.29, 1.82) is 0 Å². The van der Waals surface area contributed by atoms with Crippen LogP contribution in [0.15, 0.2) is 59.8 Å². The molecule has 2 N–H and O–H groups in total. The Morgan fingerprint density at radius 1 is 1.20 bits per heavy atom. The van der Waals surface area contributed by atoms with Crippen LogP contribution in [0.25, 0.3) is 0 Å². The second-order valence-electron chi connectivity index (χ2n) is 5.97. The maximum Gasteiger partial charge on any atom is 0.276 e. The third-order valence-electron chi connectivity index (χ3n) is 3.66. The van der Waals surface area contributed by atoms with Crippen LogP contribution in [0.1, 0.15) is 41.5 Å². The number of H-pyrrole nitrogens is 1. The number of nitrogens with zero attached hydrogens (tertiary/aromatic N) is 2. The quantitative estimate of drug-likeness (QED) is 0.642. The molecule has 128 valence electrons. The van der Waals surface area contributed by atoms with E-state index in [2.05, 4.69) is 34.3 Å². The van der Waals surface area contributed by atoms with Crippen LogP contribution in [0.4, 0.5) is 5.69 Å². The minimum atomic E-state index is -0.210. The monoisotopic (exact) mass is 352 g/mol. The molecule has 0 bridgehead atoms. The summed E-state index contributed by atoms with van der Waals surface area (Å²) in [6.45, 7) is 4.11. The molecule has 0 unspecified atom stereocenters. The molecule has 0 fully saturated rings. The number of anilines is 1. The fourth-order valence-corrected chi connectivity index (χ4v) is 3.08. The van der Waals surface area contributed by atoms with Gasteiger partial charge >= 0.3 is 0 Å². The van der Waals surface area contributed by atoms with Gasteiger partial charge in [-0.05, 0) is 41.8 Å². The van der Waals surface area contributed by atoms with Gasteiger partial charge in [-0.2, -0.15) is 5.10 Å². The predicted molar refractivity (Wildman–Crippen MR) is 101 cm³/mol. The number of carbonyl (C=O) groups is 1. The van der Waals surface area contributed by atoms with Crippen LogP contribution in [-0.4, -0.2) is 21.1 Å². The van der Waals surface area contributed by atoms with Gasteiger partial charge in [-0.25, -0.2) is 4.98 Å². The highest BCUT2D eigenvalue weighted by Gasteiger charge is 2.12. The van der Waals surface area contributed by atoms with Crippen molar-refractivity contribution in [1.82, 2.24) is 15.2 Å². The molecule has 0 atom stereocenters. The van der Waals surface area contributed by atoms with Crippen LogP contribution in [0.5, 0.6) is 0 Å². The maximum atomic E-state index is 12.3. The van der Waals surface area contributed by atoms with Gasteiger partial charge < -0.3 is 5.32 Å². The first-order valence-corrected chi connectivity index (χ1v) is 9.10. The van der Waals surface area contributed by atoms with E-state index in [4.69, 9.17) is 0 Å². The standard InChI is InChI=1S/C19H20N4OS/c1-13(2)16-11-17(23-22-16)19(24)21-15-7-5-6-14(10-15)12-25-18-8-3-4-9-20-18/h3-11,13H,12H2,1-2H3,(H,21,24)(H,22,23). The van der Waals surface area contributed by atoms with Crippen LogP contribution in [0.2, 0.25) is 0 Å². The van der Waals surface area contributed by atoms with Gasteiger partial charge in [0.15, 0.2) is 5.69 Å². The van der Waals surface area contributed by atoms with Gasteiger partial charge in [-0.3, -0.25) is 9.89 Å². The van der Waals surface area contributed by atoms with Crippen molar-refractivity contribution in [2.45, 2.75) is 30.5 Å². The SMILES string of the molecule is CC(C)c1cc(C(=O)Nc2cccc(CSc3ccccn3)c2)n[nH]1. The molecule has 3 rings (SSSR count). The molecule has 0 aliphatic heterocycles. The van der Waals surface area contributed by atoms with Crippen molar-refractivity contribution >= 4 is 23.4 Å². The minimum absolute atomic E-state index is 0.210. The number of hydrogen-bond acceptors (Lipinski definition) is 4. The second-order valence-corrected chi connectivity index (χ2v) is 6.97. The second kappa shape index (κ2) is 7.98. The number of rotatable bonds is 6. The fourth-order valence-electron chi connectivity index (χ4n) is 2.27. The van der Waals surface area contributed by atoms with Gasteiger partial charge in [0.05, 0.1) is 5.03 Å². The van der Waals surface area contributed by atoms with Crippen LogP contribution < -0.4 is 5.32 Å². The molecule has 0 spiro atoms. The lowest BCUT2D eigenvalue weighted by atomic mass is 10.1. The predicted octanol–water partition coefficient (Wildman–Crippen LogP) is 4.47. The Kier molecular flexibility index (Phi) is 5.50. The summed E-state index contributed by atoms with van der Waals surface area (Å²) in [4.78, 5) is 16.6. The molecule has 1 aromatic carbocycles. The third-order valence-corrected chi connectivity index (χ3v) is 4.68. The van der Waals surface area contributed by atoms with Gasteiger partial charge in [0, 0.05) is 23.3 Å². The first-order chi connectivity index (χ1) is 12.1. The van der Waals surface area contributed by atoms with Crippen molar-refractivity contribution in [2.24, 2.45) is 0 Å². The smallest absolute Gasteiger partial charge is 0.276 e. The molecule has 0 aliphatic carbocycles. The van der Waals surface area contributed by atoms with E-state index in [0.29, 0.717) is 11.6 Å². The molecular weight excluding hydrogens is 332 g/mol. The number of nitrogens with one attached hydrogen (secondary N) is 2. The normalized spacial score (nSPS) is 10.8. The molecule has 2 heterocycles. The summed E-state index contributed by atoms with van der Waals surface area (Å²) in [7, 11) is 0. The number of thioether (sulfide) groups is 1. The van der Waals surface area contributed by atoms with Crippen molar-refractivity contribution in [3.05, 3.63) is 71.7 Å². The summed E-state index contributed by atoms with van der Waals surface area (Å²) in [5.41, 5.74) is 3.24. The van der Waals surface area contributed by atoms with Crippen LogP contribution in [-0.2, 0) is 5.75 Å². The Hall–Kier alpha value is -2.60. The molecule has 0 aliphatic rings. The lowest BCUT2D eigenvalue weighted by Gasteiger charge is -2.06. The largest absolute Gasteiger partial charge is 0.321 e. The van der Waals surface area contributed by atoms with Crippen LogP contribution in [0, 0.1) is 0 Å². The van der Waals surface area contributed by atoms with E-state index < -0.39 is 0 Å². The molecule has 5 nitrogen and oxygen atoms in total. The lowest BCUT2D eigenvalue weighted by molar-refractivity contribution is 0.102. The fraction of sp³-hybridized carbons (Fsp3) is 0.211. The van der Waals surface area contributed by atoms with E-state index in [0.717, 1.165) is 27.7 Å². The Balaban J connectivity index is 1.63. The lowest BCUT2D eigenvalue weighted by Crippen LogP contribution is -2.12. The highest BCUT2D eigenvalue weighted by atomic mass is 32.2. The molecule has 0 saturated heterocycles. The van der Waals surface area contributed by atoms with E-state index in [9.17, 15) is 4.79 Å².